The van der Waals surface area contributed by atoms with Crippen LogP contribution in [-0.2, 0) is 0 Å². The lowest BCUT2D eigenvalue weighted by Crippen LogP contribution is -2.19. The van der Waals surface area contributed by atoms with Gasteiger partial charge in [0.15, 0.2) is 0 Å². The second-order valence-electron chi connectivity index (χ2n) is 5.50. The summed E-state index contributed by atoms with van der Waals surface area (Å²) in [6.07, 6.45) is 3.80. The molecule has 0 bridgehead atoms. The molecular formula is C16H19N. The largest absolute Gasteiger partial charge is 0.264 e. The number of pyridine rings is 1. The molecule has 1 atom stereocenters. The van der Waals surface area contributed by atoms with Gasteiger partial charge in [-0.3, -0.25) is 4.98 Å². The van der Waals surface area contributed by atoms with Crippen LogP contribution in [0.2, 0.25) is 0 Å². The normalized spacial score (nSPS) is 13.4. The van der Waals surface area contributed by atoms with E-state index in [2.05, 4.69) is 62.2 Å². The van der Waals surface area contributed by atoms with E-state index < -0.39 is 0 Å². The number of hydrogen-bond acceptors (Lipinski definition) is 1. The van der Waals surface area contributed by atoms with Gasteiger partial charge in [-0.1, -0.05) is 57.2 Å². The Kier molecular flexibility index (Phi) is 3.28. The second-order valence-corrected chi connectivity index (χ2v) is 5.50. The molecule has 0 saturated heterocycles. The van der Waals surface area contributed by atoms with Gasteiger partial charge in [-0.2, -0.15) is 0 Å². The highest BCUT2D eigenvalue weighted by atomic mass is 14.6. The first-order valence-electron chi connectivity index (χ1n) is 6.04. The summed E-state index contributed by atoms with van der Waals surface area (Å²) in [4.78, 5) is 4.24. The zero-order valence-electron chi connectivity index (χ0n) is 10.7. The van der Waals surface area contributed by atoms with E-state index in [-0.39, 0.29) is 5.41 Å². The Morgan fingerprint density at radius 1 is 0.882 bits per heavy atom. The Morgan fingerprint density at radius 3 is 2.06 bits per heavy atom. The van der Waals surface area contributed by atoms with E-state index >= 15 is 0 Å². The molecule has 17 heavy (non-hydrogen) atoms. The standard InChI is InChI=1S/C16H19N/c1-16(2,3)15(13-8-5-4-6-9-13)14-10-7-11-17-12-14/h4-12,15H,1-3H3/t15-/m0/s1. The van der Waals surface area contributed by atoms with Gasteiger partial charge in [-0.25, -0.2) is 0 Å². The molecule has 0 unspecified atom stereocenters. The summed E-state index contributed by atoms with van der Waals surface area (Å²) >= 11 is 0. The molecule has 0 saturated carbocycles. The van der Waals surface area contributed by atoms with Crippen LogP contribution in [0.4, 0.5) is 0 Å². The molecule has 1 heteroatoms. The smallest absolute Gasteiger partial charge is 0.0306 e. The van der Waals surface area contributed by atoms with E-state index in [0.717, 1.165) is 0 Å². The van der Waals surface area contributed by atoms with Crippen LogP contribution in [0.25, 0.3) is 0 Å². The highest BCUT2D eigenvalue weighted by Crippen LogP contribution is 2.39. The topological polar surface area (TPSA) is 12.9 Å². The van der Waals surface area contributed by atoms with Crippen molar-refractivity contribution in [1.82, 2.24) is 4.98 Å². The van der Waals surface area contributed by atoms with Crippen LogP contribution in [0.1, 0.15) is 37.8 Å². The second kappa shape index (κ2) is 4.70. The molecule has 0 aliphatic heterocycles. The van der Waals surface area contributed by atoms with Gasteiger partial charge in [0.2, 0.25) is 0 Å². The first-order valence-corrected chi connectivity index (χ1v) is 6.04. The minimum absolute atomic E-state index is 0.185. The van der Waals surface area contributed by atoms with Crippen LogP contribution in [0.15, 0.2) is 54.9 Å². The van der Waals surface area contributed by atoms with E-state index in [9.17, 15) is 0 Å². The zero-order chi connectivity index (χ0) is 12.3. The Morgan fingerprint density at radius 2 is 1.53 bits per heavy atom. The Hall–Kier alpha value is -1.63. The third kappa shape index (κ3) is 2.73. The van der Waals surface area contributed by atoms with Gasteiger partial charge in [0.05, 0.1) is 0 Å². The molecule has 2 aromatic rings. The van der Waals surface area contributed by atoms with Crippen LogP contribution in [0, 0.1) is 5.41 Å². The quantitative estimate of drug-likeness (QED) is 0.744. The third-order valence-electron chi connectivity index (χ3n) is 3.02. The summed E-state index contributed by atoms with van der Waals surface area (Å²) in [5, 5.41) is 0. The molecule has 0 aliphatic rings. The minimum atomic E-state index is 0.185. The fraction of sp³-hybridized carbons (Fsp3) is 0.312. The fourth-order valence-electron chi connectivity index (χ4n) is 2.38. The van der Waals surface area contributed by atoms with Gasteiger partial charge in [0, 0.05) is 18.3 Å². The molecule has 1 aromatic carbocycles. The predicted molar refractivity (Wildman–Crippen MR) is 72.0 cm³/mol. The van der Waals surface area contributed by atoms with Crippen LogP contribution < -0.4 is 0 Å². The maximum absolute atomic E-state index is 4.24. The van der Waals surface area contributed by atoms with Gasteiger partial charge in [0.1, 0.15) is 0 Å². The summed E-state index contributed by atoms with van der Waals surface area (Å²) < 4.78 is 0. The lowest BCUT2D eigenvalue weighted by molar-refractivity contribution is 0.358. The summed E-state index contributed by atoms with van der Waals surface area (Å²) in [6, 6.07) is 14.8. The van der Waals surface area contributed by atoms with Crippen molar-refractivity contribution in [3.8, 4) is 0 Å². The van der Waals surface area contributed by atoms with E-state index in [1.165, 1.54) is 11.1 Å². The van der Waals surface area contributed by atoms with E-state index in [1.807, 2.05) is 18.5 Å². The van der Waals surface area contributed by atoms with E-state index in [1.54, 1.807) is 0 Å². The maximum atomic E-state index is 4.24. The Labute approximate surface area is 104 Å². The molecule has 1 aromatic heterocycles. The highest BCUT2D eigenvalue weighted by molar-refractivity contribution is 5.32. The lowest BCUT2D eigenvalue weighted by Gasteiger charge is -2.31. The van der Waals surface area contributed by atoms with Crippen molar-refractivity contribution in [2.75, 3.05) is 0 Å². The van der Waals surface area contributed by atoms with Crippen molar-refractivity contribution in [2.24, 2.45) is 5.41 Å². The first-order chi connectivity index (χ1) is 8.09. The van der Waals surface area contributed by atoms with Gasteiger partial charge in [-0.05, 0) is 22.6 Å². The molecule has 0 aliphatic carbocycles. The van der Waals surface area contributed by atoms with Crippen molar-refractivity contribution in [3.63, 3.8) is 0 Å². The van der Waals surface area contributed by atoms with Crippen LogP contribution >= 0.6 is 0 Å². The van der Waals surface area contributed by atoms with Gasteiger partial charge in [-0.15, -0.1) is 0 Å². The van der Waals surface area contributed by atoms with Crippen molar-refractivity contribution < 1.29 is 0 Å². The first kappa shape index (κ1) is 11.8. The van der Waals surface area contributed by atoms with Crippen molar-refractivity contribution in [2.45, 2.75) is 26.7 Å². The van der Waals surface area contributed by atoms with Gasteiger partial charge < -0.3 is 0 Å². The summed E-state index contributed by atoms with van der Waals surface area (Å²) in [5.41, 5.74) is 2.82. The van der Waals surface area contributed by atoms with Gasteiger partial charge >= 0.3 is 0 Å². The zero-order valence-corrected chi connectivity index (χ0v) is 10.7. The van der Waals surface area contributed by atoms with Crippen molar-refractivity contribution >= 4 is 0 Å². The van der Waals surface area contributed by atoms with E-state index in [4.69, 9.17) is 0 Å². The summed E-state index contributed by atoms with van der Waals surface area (Å²) in [7, 11) is 0. The lowest BCUT2D eigenvalue weighted by atomic mass is 9.73. The number of aromatic nitrogens is 1. The maximum Gasteiger partial charge on any atom is 0.0306 e. The average molecular weight is 225 g/mol. The molecule has 88 valence electrons. The van der Waals surface area contributed by atoms with Crippen molar-refractivity contribution in [1.29, 1.82) is 0 Å². The summed E-state index contributed by atoms with van der Waals surface area (Å²) in [6.45, 7) is 6.83. The molecule has 1 nitrogen and oxygen atoms in total. The minimum Gasteiger partial charge on any atom is -0.264 e. The van der Waals surface area contributed by atoms with E-state index in [0.29, 0.717) is 5.92 Å². The van der Waals surface area contributed by atoms with Crippen LogP contribution in [0.5, 0.6) is 0 Å². The molecule has 0 N–H and O–H groups in total. The Bertz CT molecular complexity index is 414. The number of nitrogens with zero attached hydrogens (tertiary/aromatic N) is 1. The fourth-order valence-corrected chi connectivity index (χ4v) is 2.38. The molecular weight excluding hydrogens is 206 g/mol. The average Bonchev–Trinajstić information content (AvgIpc) is 2.30. The molecule has 0 spiro atoms. The SMILES string of the molecule is CC(C)(C)[C@@H](c1ccccc1)c1cccnc1. The summed E-state index contributed by atoms with van der Waals surface area (Å²) in [5.74, 6) is 0.386. The van der Waals surface area contributed by atoms with Crippen LogP contribution in [-0.4, -0.2) is 4.98 Å². The van der Waals surface area contributed by atoms with Crippen LogP contribution in [0.3, 0.4) is 0 Å². The molecule has 2 rings (SSSR count). The molecule has 1 heterocycles. The molecule has 0 amide bonds. The highest BCUT2D eigenvalue weighted by Gasteiger charge is 2.27. The predicted octanol–water partition coefficient (Wildman–Crippen LogP) is 4.26. The van der Waals surface area contributed by atoms with Gasteiger partial charge in [0.25, 0.3) is 0 Å². The number of rotatable bonds is 2. The molecule has 0 radical (unpaired) electrons. The third-order valence-corrected chi connectivity index (χ3v) is 3.02. The molecule has 0 fully saturated rings. The Balaban J connectivity index is 2.48. The number of benzene rings is 1. The monoisotopic (exact) mass is 225 g/mol. The number of hydrogen-bond donors (Lipinski definition) is 0. The van der Waals surface area contributed by atoms with Crippen molar-refractivity contribution in [3.05, 3.63) is 66.0 Å².